The van der Waals surface area contributed by atoms with Crippen molar-refractivity contribution in [1.82, 2.24) is 10.1 Å². The van der Waals surface area contributed by atoms with Crippen LogP contribution in [0.1, 0.15) is 16.1 Å². The molecule has 17 heavy (non-hydrogen) atoms. The molecule has 0 radical (unpaired) electrons. The van der Waals surface area contributed by atoms with E-state index in [0.717, 1.165) is 0 Å². The number of halogens is 2. The molecule has 0 fully saturated rings. The molecule has 7 heteroatoms. The van der Waals surface area contributed by atoms with Crippen LogP contribution in [0.2, 0.25) is 10.3 Å². The molecule has 2 N–H and O–H groups in total. The van der Waals surface area contributed by atoms with Crippen LogP contribution in [-0.2, 0) is 0 Å². The molecule has 88 valence electrons. The zero-order chi connectivity index (χ0) is 12.6. The molecule has 2 heterocycles. The van der Waals surface area contributed by atoms with E-state index in [1.165, 1.54) is 6.07 Å². The van der Waals surface area contributed by atoms with Crippen LogP contribution in [0.25, 0.3) is 11.3 Å². The average molecular weight is 272 g/mol. The van der Waals surface area contributed by atoms with Crippen molar-refractivity contribution in [3.05, 3.63) is 33.7 Å². The van der Waals surface area contributed by atoms with Crippen molar-refractivity contribution in [3.8, 4) is 11.3 Å². The molecule has 0 saturated carbocycles. The first-order valence-corrected chi connectivity index (χ1v) is 5.34. The Kier molecular flexibility index (Phi) is 3.04. The zero-order valence-electron chi connectivity index (χ0n) is 8.70. The third kappa shape index (κ3) is 2.25. The normalized spacial score (nSPS) is 10.5. The highest BCUT2D eigenvalue weighted by molar-refractivity contribution is 6.35. The maximum atomic E-state index is 11.3. The predicted molar refractivity (Wildman–Crippen MR) is 63.0 cm³/mol. The topological polar surface area (TPSA) is 82.0 Å². The van der Waals surface area contributed by atoms with Crippen molar-refractivity contribution in [2.75, 3.05) is 0 Å². The van der Waals surface area contributed by atoms with E-state index in [2.05, 4.69) is 10.1 Å². The first-order chi connectivity index (χ1) is 7.99. The number of rotatable bonds is 2. The second-order valence-electron chi connectivity index (χ2n) is 3.36. The first-order valence-electron chi connectivity index (χ1n) is 4.58. The highest BCUT2D eigenvalue weighted by Crippen LogP contribution is 2.32. The summed E-state index contributed by atoms with van der Waals surface area (Å²) in [5.41, 5.74) is 6.34. The molecule has 0 bridgehead atoms. The van der Waals surface area contributed by atoms with Crippen LogP contribution in [0.15, 0.2) is 16.7 Å². The summed E-state index contributed by atoms with van der Waals surface area (Å²) in [6.45, 7) is 1.74. The summed E-state index contributed by atoms with van der Waals surface area (Å²) in [6.07, 6.45) is 0. The van der Waals surface area contributed by atoms with Crippen molar-refractivity contribution < 1.29 is 9.32 Å². The molecule has 0 aliphatic rings. The van der Waals surface area contributed by atoms with Crippen molar-refractivity contribution in [3.63, 3.8) is 0 Å². The van der Waals surface area contributed by atoms with E-state index in [-0.39, 0.29) is 15.9 Å². The molecule has 1 amide bonds. The molecule has 2 rings (SSSR count). The van der Waals surface area contributed by atoms with E-state index in [9.17, 15) is 4.79 Å². The number of aryl methyl sites for hydroxylation is 1. The quantitative estimate of drug-likeness (QED) is 0.851. The van der Waals surface area contributed by atoms with E-state index < -0.39 is 5.91 Å². The van der Waals surface area contributed by atoms with E-state index >= 15 is 0 Å². The maximum Gasteiger partial charge on any atom is 0.249 e. The number of nitrogens with two attached hydrogens (primary N) is 1. The number of primary amides is 1. The number of carbonyl (C=O) groups excluding carboxylic acids is 1. The molecular formula is C10H7Cl2N3O2. The Hall–Kier alpha value is -1.59. The molecule has 0 aromatic carbocycles. The molecule has 0 aliphatic heterocycles. The van der Waals surface area contributed by atoms with E-state index in [0.29, 0.717) is 17.0 Å². The molecule has 0 unspecified atom stereocenters. The lowest BCUT2D eigenvalue weighted by Crippen LogP contribution is -2.13. The Morgan fingerprint density at radius 1 is 1.41 bits per heavy atom. The lowest BCUT2D eigenvalue weighted by atomic mass is 10.1. The average Bonchev–Trinajstić information content (AvgIpc) is 2.63. The third-order valence-corrected chi connectivity index (χ3v) is 2.55. The van der Waals surface area contributed by atoms with Gasteiger partial charge in [0.25, 0.3) is 0 Å². The molecule has 0 spiro atoms. The Bertz CT molecular complexity index is 595. The summed E-state index contributed by atoms with van der Waals surface area (Å²) in [6, 6.07) is 2.96. The Balaban J connectivity index is 2.71. The second-order valence-corrected chi connectivity index (χ2v) is 4.10. The number of nitrogens with zero attached hydrogens (tertiary/aromatic N) is 2. The van der Waals surface area contributed by atoms with Crippen LogP contribution in [0.5, 0.6) is 0 Å². The minimum absolute atomic E-state index is 0.0439. The third-order valence-electron chi connectivity index (χ3n) is 2.08. The lowest BCUT2D eigenvalue weighted by molar-refractivity contribution is 0.100. The van der Waals surface area contributed by atoms with Gasteiger partial charge in [-0.3, -0.25) is 4.79 Å². The summed E-state index contributed by atoms with van der Waals surface area (Å²) in [5.74, 6) is -0.342. The molecule has 0 aliphatic carbocycles. The lowest BCUT2D eigenvalue weighted by Gasteiger charge is -2.05. The number of hydrogen-bond donors (Lipinski definition) is 1. The van der Waals surface area contributed by atoms with Gasteiger partial charge in [-0.25, -0.2) is 4.98 Å². The van der Waals surface area contributed by atoms with Gasteiger partial charge in [-0.05, 0) is 13.0 Å². The van der Waals surface area contributed by atoms with E-state index in [1.54, 1.807) is 13.0 Å². The van der Waals surface area contributed by atoms with Gasteiger partial charge >= 0.3 is 0 Å². The number of pyridine rings is 1. The molecule has 0 atom stereocenters. The summed E-state index contributed by atoms with van der Waals surface area (Å²) in [5, 5.41) is 3.84. The van der Waals surface area contributed by atoms with Crippen molar-refractivity contribution in [2.45, 2.75) is 6.92 Å². The first kappa shape index (κ1) is 11.9. The van der Waals surface area contributed by atoms with Crippen molar-refractivity contribution in [2.24, 2.45) is 5.73 Å². The van der Waals surface area contributed by atoms with Crippen LogP contribution in [-0.4, -0.2) is 16.0 Å². The fourth-order valence-electron chi connectivity index (χ4n) is 1.39. The summed E-state index contributed by atoms with van der Waals surface area (Å²) in [4.78, 5) is 15.2. The summed E-state index contributed by atoms with van der Waals surface area (Å²) < 4.78 is 5.04. The van der Waals surface area contributed by atoms with E-state index in [4.69, 9.17) is 33.5 Å². The maximum absolute atomic E-state index is 11.3. The van der Waals surface area contributed by atoms with Crippen LogP contribution in [0.4, 0.5) is 0 Å². The molecule has 2 aromatic rings. The van der Waals surface area contributed by atoms with Gasteiger partial charge in [0.15, 0.2) is 5.76 Å². The van der Waals surface area contributed by atoms with Crippen molar-refractivity contribution in [1.29, 1.82) is 0 Å². The van der Waals surface area contributed by atoms with Gasteiger partial charge in [0.05, 0.1) is 16.8 Å². The van der Waals surface area contributed by atoms with Gasteiger partial charge in [0, 0.05) is 6.07 Å². The Morgan fingerprint density at radius 3 is 2.65 bits per heavy atom. The Morgan fingerprint density at radius 2 is 2.12 bits per heavy atom. The van der Waals surface area contributed by atoms with Gasteiger partial charge < -0.3 is 10.3 Å². The number of amides is 1. The molecular weight excluding hydrogens is 265 g/mol. The predicted octanol–water partition coefficient (Wildman–Crippen LogP) is 2.45. The largest absolute Gasteiger partial charge is 0.366 e. The number of hydrogen-bond acceptors (Lipinski definition) is 4. The second kappa shape index (κ2) is 4.35. The number of carbonyl (C=O) groups is 1. The molecule has 5 nitrogen and oxygen atoms in total. The van der Waals surface area contributed by atoms with Gasteiger partial charge in [-0.1, -0.05) is 28.4 Å². The molecule has 2 aromatic heterocycles. The van der Waals surface area contributed by atoms with Crippen molar-refractivity contribution >= 4 is 29.1 Å². The Labute approximate surface area is 107 Å². The zero-order valence-corrected chi connectivity index (χ0v) is 10.2. The van der Waals surface area contributed by atoms with Gasteiger partial charge in [0.2, 0.25) is 5.91 Å². The number of aromatic nitrogens is 2. The highest BCUT2D eigenvalue weighted by atomic mass is 35.5. The highest BCUT2D eigenvalue weighted by Gasteiger charge is 2.19. The minimum atomic E-state index is -0.666. The van der Waals surface area contributed by atoms with Gasteiger partial charge in [-0.15, -0.1) is 0 Å². The summed E-state index contributed by atoms with van der Waals surface area (Å²) in [7, 11) is 0. The van der Waals surface area contributed by atoms with Crippen LogP contribution >= 0.6 is 23.2 Å². The SMILES string of the molecule is Cc1cc(-c2c(C(N)=O)cc(Cl)nc2Cl)on1. The monoisotopic (exact) mass is 271 g/mol. The minimum Gasteiger partial charge on any atom is -0.366 e. The molecule has 0 saturated heterocycles. The smallest absolute Gasteiger partial charge is 0.249 e. The van der Waals surface area contributed by atoms with Crippen LogP contribution in [0, 0.1) is 6.92 Å². The fraction of sp³-hybridized carbons (Fsp3) is 0.100. The van der Waals surface area contributed by atoms with Gasteiger partial charge in [-0.2, -0.15) is 0 Å². The van der Waals surface area contributed by atoms with E-state index in [1.807, 2.05) is 0 Å². The van der Waals surface area contributed by atoms with Crippen LogP contribution in [0.3, 0.4) is 0 Å². The summed E-state index contributed by atoms with van der Waals surface area (Å²) >= 11 is 11.6. The van der Waals surface area contributed by atoms with Gasteiger partial charge in [0.1, 0.15) is 10.3 Å². The van der Waals surface area contributed by atoms with Crippen LogP contribution < -0.4 is 5.73 Å². The standard InChI is InChI=1S/C10H7Cl2N3O2/c1-4-2-6(17-15-4)8-5(10(13)16)3-7(11)14-9(8)12/h2-3H,1H3,(H2,13,16). The fourth-order valence-corrected chi connectivity index (χ4v) is 1.92.